The molecule has 2 unspecified atom stereocenters. The van der Waals surface area contributed by atoms with Crippen molar-refractivity contribution in [2.45, 2.75) is 84.0 Å². The van der Waals surface area contributed by atoms with E-state index in [-0.39, 0.29) is 29.5 Å². The highest BCUT2D eigenvalue weighted by Gasteiger charge is 2.66. The maximum Gasteiger partial charge on any atom is 0.174 e. The van der Waals surface area contributed by atoms with Crippen LogP contribution in [0.3, 0.4) is 0 Å². The number of rotatable bonds is 3. The Bertz CT molecular complexity index is 516. The molecule has 2 N–H and O–H groups in total. The summed E-state index contributed by atoms with van der Waals surface area (Å²) >= 11 is 0. The summed E-state index contributed by atoms with van der Waals surface area (Å²) in [4.78, 5) is 0. The van der Waals surface area contributed by atoms with Crippen molar-refractivity contribution in [1.29, 1.82) is 0 Å². The fourth-order valence-electron chi connectivity index (χ4n) is 7.44. The van der Waals surface area contributed by atoms with Crippen molar-refractivity contribution in [3.05, 3.63) is 0 Å². The SMILES string of the molecule is C[C@H]1CC[C@](C)(C2CC[C@@]3(C)C(CCC34OCCO4)[C@@H]2O)[C@@H](CCO)C1. The number of hydrogen-bond acceptors (Lipinski definition) is 4. The molecule has 4 nitrogen and oxygen atoms in total. The molecule has 0 amide bonds. The molecule has 0 aromatic carbocycles. The second kappa shape index (κ2) is 6.72. The third-order valence-electron chi connectivity index (χ3n) is 9.15. The number of aliphatic hydroxyl groups excluding tert-OH is 2. The van der Waals surface area contributed by atoms with E-state index in [2.05, 4.69) is 20.8 Å². The van der Waals surface area contributed by atoms with Gasteiger partial charge in [0.05, 0.1) is 19.3 Å². The topological polar surface area (TPSA) is 58.9 Å². The lowest BCUT2D eigenvalue weighted by Gasteiger charge is -2.57. The number of ether oxygens (including phenoxy) is 2. The van der Waals surface area contributed by atoms with Crippen molar-refractivity contribution in [2.24, 2.45) is 34.5 Å². The van der Waals surface area contributed by atoms with Crippen LogP contribution >= 0.6 is 0 Å². The van der Waals surface area contributed by atoms with Crippen molar-refractivity contribution < 1.29 is 19.7 Å². The molecule has 4 fully saturated rings. The Morgan fingerprint density at radius 2 is 1.65 bits per heavy atom. The van der Waals surface area contributed by atoms with Crippen LogP contribution in [-0.4, -0.2) is 41.9 Å². The molecule has 3 saturated carbocycles. The van der Waals surface area contributed by atoms with Gasteiger partial charge >= 0.3 is 0 Å². The summed E-state index contributed by atoms with van der Waals surface area (Å²) in [6.07, 6.45) is 8.28. The third-order valence-corrected chi connectivity index (χ3v) is 9.15. The second-order valence-electron chi connectivity index (χ2n) is 10.2. The van der Waals surface area contributed by atoms with Crippen LogP contribution in [0.15, 0.2) is 0 Å². The Labute approximate surface area is 158 Å². The fraction of sp³-hybridized carbons (Fsp3) is 1.00. The molecule has 1 heterocycles. The summed E-state index contributed by atoms with van der Waals surface area (Å²) in [5.74, 6) is 1.41. The Balaban J connectivity index is 1.58. The Morgan fingerprint density at radius 1 is 0.962 bits per heavy atom. The first-order chi connectivity index (χ1) is 12.4. The van der Waals surface area contributed by atoms with E-state index < -0.39 is 5.79 Å². The first-order valence-corrected chi connectivity index (χ1v) is 10.9. The fourth-order valence-corrected chi connectivity index (χ4v) is 7.44. The molecule has 3 aliphatic carbocycles. The minimum atomic E-state index is -0.448. The first-order valence-electron chi connectivity index (χ1n) is 10.9. The average Bonchev–Trinajstić information content (AvgIpc) is 3.19. The molecule has 4 rings (SSSR count). The van der Waals surface area contributed by atoms with E-state index in [4.69, 9.17) is 9.47 Å². The van der Waals surface area contributed by atoms with Gasteiger partial charge in [-0.3, -0.25) is 0 Å². The van der Waals surface area contributed by atoms with Crippen LogP contribution in [0.4, 0.5) is 0 Å². The molecule has 1 spiro atoms. The molecule has 0 bridgehead atoms. The zero-order valence-electron chi connectivity index (χ0n) is 16.9. The summed E-state index contributed by atoms with van der Waals surface area (Å²) in [6.45, 7) is 8.69. The van der Waals surface area contributed by atoms with Crippen LogP contribution in [0.5, 0.6) is 0 Å². The quantitative estimate of drug-likeness (QED) is 0.799. The number of aliphatic hydroxyl groups is 2. The summed E-state index contributed by atoms with van der Waals surface area (Å²) in [7, 11) is 0. The Morgan fingerprint density at radius 3 is 2.35 bits per heavy atom. The molecule has 4 heteroatoms. The molecule has 1 aliphatic heterocycles. The average molecular weight is 367 g/mol. The molecular weight excluding hydrogens is 328 g/mol. The molecule has 1 saturated heterocycles. The van der Waals surface area contributed by atoms with Crippen LogP contribution in [0.1, 0.15) is 72.1 Å². The zero-order chi connectivity index (χ0) is 18.6. The molecule has 7 atom stereocenters. The van der Waals surface area contributed by atoms with Gasteiger partial charge in [-0.05, 0) is 67.6 Å². The van der Waals surface area contributed by atoms with Crippen molar-refractivity contribution in [2.75, 3.05) is 19.8 Å². The van der Waals surface area contributed by atoms with E-state index in [0.717, 1.165) is 38.0 Å². The minimum Gasteiger partial charge on any atom is -0.396 e. The van der Waals surface area contributed by atoms with Crippen LogP contribution in [-0.2, 0) is 9.47 Å². The molecule has 0 radical (unpaired) electrons. The van der Waals surface area contributed by atoms with Crippen molar-refractivity contribution in [3.63, 3.8) is 0 Å². The van der Waals surface area contributed by atoms with Crippen molar-refractivity contribution >= 4 is 0 Å². The van der Waals surface area contributed by atoms with E-state index in [1.54, 1.807) is 0 Å². The van der Waals surface area contributed by atoms with Gasteiger partial charge in [0.25, 0.3) is 0 Å². The molecule has 0 aromatic rings. The van der Waals surface area contributed by atoms with Crippen LogP contribution in [0, 0.1) is 34.5 Å². The molecule has 0 aromatic heterocycles. The van der Waals surface area contributed by atoms with E-state index in [1.165, 1.54) is 19.3 Å². The minimum absolute atomic E-state index is 0.0653. The van der Waals surface area contributed by atoms with Crippen molar-refractivity contribution in [3.8, 4) is 0 Å². The van der Waals surface area contributed by atoms with E-state index in [1.807, 2.05) is 0 Å². The highest BCUT2D eigenvalue weighted by atomic mass is 16.7. The zero-order valence-corrected chi connectivity index (χ0v) is 16.9. The molecule has 26 heavy (non-hydrogen) atoms. The number of hydrogen-bond donors (Lipinski definition) is 2. The standard InChI is InChI=1S/C22H38O4/c1-15-4-8-20(2,16(14-15)7-11-23)17-5-9-21(3)18(19(17)24)6-10-22(21)25-12-13-26-22/h15-19,23-24H,4-14H2,1-3H3/t15-,16-,17?,18?,19+,20-,21-/m0/s1. The van der Waals surface area contributed by atoms with Crippen molar-refractivity contribution in [1.82, 2.24) is 0 Å². The Hall–Kier alpha value is -0.160. The molecular formula is C22H38O4. The van der Waals surface area contributed by atoms with E-state index in [9.17, 15) is 10.2 Å². The summed E-state index contributed by atoms with van der Waals surface area (Å²) in [6, 6.07) is 0. The van der Waals surface area contributed by atoms with Gasteiger partial charge in [-0.25, -0.2) is 0 Å². The lowest BCUT2D eigenvalue weighted by molar-refractivity contribution is -0.250. The predicted octanol–water partition coefficient (Wildman–Crippen LogP) is 3.74. The van der Waals surface area contributed by atoms with E-state index in [0.29, 0.717) is 25.0 Å². The van der Waals surface area contributed by atoms with Gasteiger partial charge in [0.2, 0.25) is 0 Å². The van der Waals surface area contributed by atoms with Gasteiger partial charge in [-0.15, -0.1) is 0 Å². The first kappa shape index (κ1) is 19.2. The largest absolute Gasteiger partial charge is 0.396 e. The molecule has 150 valence electrons. The second-order valence-corrected chi connectivity index (χ2v) is 10.2. The summed E-state index contributed by atoms with van der Waals surface area (Å²) < 4.78 is 12.3. The van der Waals surface area contributed by atoms with Crippen LogP contribution < -0.4 is 0 Å². The normalized spacial score (nSPS) is 50.9. The monoisotopic (exact) mass is 366 g/mol. The highest BCUT2D eigenvalue weighted by Crippen LogP contribution is 2.65. The van der Waals surface area contributed by atoms with Gasteiger partial charge in [-0.2, -0.15) is 0 Å². The Kier molecular flexibility index (Phi) is 4.95. The highest BCUT2D eigenvalue weighted by molar-refractivity contribution is 5.11. The van der Waals surface area contributed by atoms with Gasteiger partial charge < -0.3 is 19.7 Å². The van der Waals surface area contributed by atoms with Gasteiger partial charge in [0.15, 0.2) is 5.79 Å². The lowest BCUT2D eigenvalue weighted by atomic mass is 9.50. The maximum absolute atomic E-state index is 11.5. The van der Waals surface area contributed by atoms with Gasteiger partial charge in [-0.1, -0.05) is 27.2 Å². The van der Waals surface area contributed by atoms with Gasteiger partial charge in [0.1, 0.15) is 0 Å². The lowest BCUT2D eigenvalue weighted by Crippen LogP contribution is -2.57. The smallest absolute Gasteiger partial charge is 0.174 e. The van der Waals surface area contributed by atoms with E-state index >= 15 is 0 Å². The predicted molar refractivity (Wildman–Crippen MR) is 101 cm³/mol. The van der Waals surface area contributed by atoms with Crippen LogP contribution in [0.2, 0.25) is 0 Å². The summed E-state index contributed by atoms with van der Waals surface area (Å²) in [5, 5.41) is 21.2. The van der Waals surface area contributed by atoms with Gasteiger partial charge in [0, 0.05) is 18.4 Å². The molecule has 4 aliphatic rings. The third kappa shape index (κ3) is 2.62. The van der Waals surface area contributed by atoms with Crippen LogP contribution in [0.25, 0.3) is 0 Å². The summed E-state index contributed by atoms with van der Waals surface area (Å²) in [5.41, 5.74) is 0.0767. The number of fused-ring (bicyclic) bond motifs is 2. The maximum atomic E-state index is 11.5.